The number of ether oxygens (including phenoxy) is 1. The van der Waals surface area contributed by atoms with Crippen LogP contribution < -0.4 is 4.74 Å². The van der Waals surface area contributed by atoms with Crippen LogP contribution in [0.3, 0.4) is 0 Å². The number of hydrogen-bond acceptors (Lipinski definition) is 4. The van der Waals surface area contributed by atoms with Crippen LogP contribution in [0.2, 0.25) is 23.2 Å². The van der Waals surface area contributed by atoms with Crippen molar-refractivity contribution in [2.45, 2.75) is 38.9 Å². The molecule has 0 atom stereocenters. The summed E-state index contributed by atoms with van der Waals surface area (Å²) in [5.74, 6) is 0.421. The molecular weight excluding hydrogens is 310 g/mol. The van der Waals surface area contributed by atoms with Gasteiger partial charge in [0.1, 0.15) is 17.4 Å². The van der Waals surface area contributed by atoms with Gasteiger partial charge in [-0.25, -0.2) is 0 Å². The monoisotopic (exact) mass is 331 g/mol. The van der Waals surface area contributed by atoms with E-state index in [0.717, 1.165) is 0 Å². The second-order valence-corrected chi connectivity index (χ2v) is 11.5. The fraction of sp³-hybridized carbons (Fsp3) is 0.571. The van der Waals surface area contributed by atoms with Crippen LogP contribution in [0.15, 0.2) is 18.2 Å². The molecule has 0 fully saturated rings. The van der Waals surface area contributed by atoms with Gasteiger partial charge in [-0.05, 0) is 30.3 Å². The third kappa shape index (κ3) is 4.98. The van der Waals surface area contributed by atoms with Crippen LogP contribution in [0.1, 0.15) is 20.8 Å². The van der Waals surface area contributed by atoms with Crippen molar-refractivity contribution in [2.24, 2.45) is 0 Å². The number of rotatable bonds is 6. The summed E-state index contributed by atoms with van der Waals surface area (Å²) in [6.45, 7) is 11.7. The highest BCUT2D eigenvalue weighted by atomic mass is 35.5. The fourth-order valence-electron chi connectivity index (χ4n) is 1.40. The van der Waals surface area contributed by atoms with Gasteiger partial charge in [0.05, 0.1) is 17.6 Å². The molecule has 0 radical (unpaired) electrons. The lowest BCUT2D eigenvalue weighted by atomic mass is 10.2. The Morgan fingerprint density at radius 1 is 1.29 bits per heavy atom. The first-order valence-electron chi connectivity index (χ1n) is 6.75. The Bertz CT molecular complexity index is 514. The van der Waals surface area contributed by atoms with E-state index >= 15 is 0 Å². The van der Waals surface area contributed by atoms with Crippen molar-refractivity contribution in [2.75, 3.05) is 13.2 Å². The average molecular weight is 332 g/mol. The smallest absolute Gasteiger partial charge is 0.291 e. The van der Waals surface area contributed by atoms with Gasteiger partial charge in [-0.2, -0.15) is 0 Å². The molecule has 0 N–H and O–H groups in total. The summed E-state index contributed by atoms with van der Waals surface area (Å²) in [4.78, 5) is 10.3. The standard InChI is InChI=1S/C14H22ClNO4Si/c1-14(2,3)21(4,5)20-9-8-19-11-6-7-12(15)13(10-11)16(17)18/h6-7,10H,8-9H2,1-5H3. The normalized spacial score (nSPS) is 12.3. The van der Waals surface area contributed by atoms with Crippen LogP contribution in [0.4, 0.5) is 5.69 Å². The van der Waals surface area contributed by atoms with E-state index in [0.29, 0.717) is 19.0 Å². The van der Waals surface area contributed by atoms with Gasteiger partial charge in [-0.1, -0.05) is 32.4 Å². The Morgan fingerprint density at radius 3 is 2.43 bits per heavy atom. The van der Waals surface area contributed by atoms with Gasteiger partial charge in [0.15, 0.2) is 8.32 Å². The zero-order chi connectivity index (χ0) is 16.3. The molecule has 0 saturated carbocycles. The predicted molar refractivity (Wildman–Crippen MR) is 86.8 cm³/mol. The molecule has 0 aromatic heterocycles. The number of nitro groups is 1. The highest BCUT2D eigenvalue weighted by Crippen LogP contribution is 2.36. The summed E-state index contributed by atoms with van der Waals surface area (Å²) in [5.41, 5.74) is -0.153. The van der Waals surface area contributed by atoms with Gasteiger partial charge >= 0.3 is 0 Å². The van der Waals surface area contributed by atoms with Crippen LogP contribution >= 0.6 is 11.6 Å². The molecule has 1 rings (SSSR count). The molecule has 0 bridgehead atoms. The maximum Gasteiger partial charge on any atom is 0.291 e. The van der Waals surface area contributed by atoms with Gasteiger partial charge in [0.2, 0.25) is 0 Å². The highest BCUT2D eigenvalue weighted by Gasteiger charge is 2.36. The minimum atomic E-state index is -1.79. The molecule has 0 unspecified atom stereocenters. The number of benzene rings is 1. The third-order valence-corrected chi connectivity index (χ3v) is 8.59. The van der Waals surface area contributed by atoms with E-state index < -0.39 is 13.2 Å². The van der Waals surface area contributed by atoms with E-state index in [9.17, 15) is 10.1 Å². The van der Waals surface area contributed by atoms with E-state index in [1.165, 1.54) is 12.1 Å². The Labute approximate surface area is 131 Å². The molecule has 118 valence electrons. The average Bonchev–Trinajstić information content (AvgIpc) is 2.34. The van der Waals surface area contributed by atoms with Crippen LogP contribution in [0, 0.1) is 10.1 Å². The number of hydrogen-bond donors (Lipinski definition) is 0. The van der Waals surface area contributed by atoms with Gasteiger partial charge in [-0.3, -0.25) is 10.1 Å². The van der Waals surface area contributed by atoms with Crippen LogP contribution in [-0.2, 0) is 4.43 Å². The Balaban J connectivity index is 2.54. The Morgan fingerprint density at radius 2 is 1.90 bits per heavy atom. The van der Waals surface area contributed by atoms with E-state index in [1.54, 1.807) is 6.07 Å². The quantitative estimate of drug-likeness (QED) is 0.329. The molecule has 1 aromatic rings. The lowest BCUT2D eigenvalue weighted by Gasteiger charge is -2.36. The van der Waals surface area contributed by atoms with Crippen molar-refractivity contribution in [1.82, 2.24) is 0 Å². The van der Waals surface area contributed by atoms with Crippen molar-refractivity contribution in [3.05, 3.63) is 33.3 Å². The summed E-state index contributed by atoms with van der Waals surface area (Å²) < 4.78 is 11.5. The van der Waals surface area contributed by atoms with Gasteiger partial charge in [0, 0.05) is 0 Å². The SMILES string of the molecule is CC(C)(C)[Si](C)(C)OCCOc1ccc(Cl)c([N+](=O)[O-])c1. The molecule has 5 nitrogen and oxygen atoms in total. The van der Waals surface area contributed by atoms with Crippen molar-refractivity contribution < 1.29 is 14.1 Å². The largest absolute Gasteiger partial charge is 0.491 e. The first-order valence-corrected chi connectivity index (χ1v) is 10.0. The molecule has 0 aliphatic heterocycles. The number of nitrogens with zero attached hydrogens (tertiary/aromatic N) is 1. The predicted octanol–water partition coefficient (Wildman–Crippen LogP) is 4.65. The molecule has 0 heterocycles. The van der Waals surface area contributed by atoms with E-state index in [4.69, 9.17) is 20.8 Å². The molecule has 0 amide bonds. The van der Waals surface area contributed by atoms with Gasteiger partial charge in [0.25, 0.3) is 5.69 Å². The lowest BCUT2D eigenvalue weighted by molar-refractivity contribution is -0.384. The summed E-state index contributed by atoms with van der Waals surface area (Å²) in [6, 6.07) is 4.40. The van der Waals surface area contributed by atoms with Crippen molar-refractivity contribution in [3.63, 3.8) is 0 Å². The first kappa shape index (κ1) is 17.9. The molecular formula is C14H22ClNO4Si. The van der Waals surface area contributed by atoms with E-state index in [1.807, 2.05) is 0 Å². The maximum atomic E-state index is 10.8. The van der Waals surface area contributed by atoms with Crippen molar-refractivity contribution in [1.29, 1.82) is 0 Å². The molecule has 21 heavy (non-hydrogen) atoms. The highest BCUT2D eigenvalue weighted by molar-refractivity contribution is 6.74. The van der Waals surface area contributed by atoms with Gasteiger partial charge in [-0.15, -0.1) is 0 Å². The second kappa shape index (κ2) is 6.77. The van der Waals surface area contributed by atoms with Crippen molar-refractivity contribution >= 4 is 25.6 Å². The first-order chi connectivity index (χ1) is 9.54. The summed E-state index contributed by atoms with van der Waals surface area (Å²) in [6.07, 6.45) is 0. The van der Waals surface area contributed by atoms with Crippen LogP contribution in [0.25, 0.3) is 0 Å². The molecule has 1 aromatic carbocycles. The molecule has 0 spiro atoms. The third-order valence-electron chi connectivity index (χ3n) is 3.74. The lowest BCUT2D eigenvalue weighted by Crippen LogP contribution is -2.41. The number of halogens is 1. The summed E-state index contributed by atoms with van der Waals surface area (Å²) in [5, 5.41) is 11.0. The van der Waals surface area contributed by atoms with Crippen LogP contribution in [0.5, 0.6) is 5.75 Å². The van der Waals surface area contributed by atoms with Gasteiger partial charge < -0.3 is 9.16 Å². The Kier molecular flexibility index (Phi) is 5.78. The molecule has 7 heteroatoms. The molecule has 0 aliphatic carbocycles. The minimum Gasteiger partial charge on any atom is -0.491 e. The van der Waals surface area contributed by atoms with Crippen molar-refractivity contribution in [3.8, 4) is 5.75 Å². The second-order valence-electron chi connectivity index (χ2n) is 6.33. The fourth-order valence-corrected chi connectivity index (χ4v) is 2.61. The number of nitro benzene ring substituents is 1. The van der Waals surface area contributed by atoms with E-state index in [-0.39, 0.29) is 15.7 Å². The topological polar surface area (TPSA) is 61.6 Å². The molecule has 0 saturated heterocycles. The minimum absolute atomic E-state index is 0.102. The summed E-state index contributed by atoms with van der Waals surface area (Å²) >= 11 is 5.75. The van der Waals surface area contributed by atoms with Crippen LogP contribution in [-0.4, -0.2) is 26.5 Å². The maximum absolute atomic E-state index is 10.8. The zero-order valence-corrected chi connectivity index (χ0v) is 14.9. The Hall–Kier alpha value is -1.11. The molecule has 0 aliphatic rings. The summed E-state index contributed by atoms with van der Waals surface area (Å²) in [7, 11) is -1.79. The zero-order valence-electron chi connectivity index (χ0n) is 13.1. The van der Waals surface area contributed by atoms with E-state index in [2.05, 4.69) is 33.9 Å².